The number of rotatable bonds is 16. The maximum absolute atomic E-state index is 13.7. The number of nitrogens with two attached hydrogens (primary N) is 1. The molecule has 2 atom stereocenters. The molecule has 1 aromatic heterocycles. The van der Waals surface area contributed by atoms with E-state index in [0.29, 0.717) is 23.9 Å². The zero-order valence-corrected chi connectivity index (χ0v) is 27.9. The minimum Gasteiger partial charge on any atom is -0.480 e. The normalized spacial score (nSPS) is 13.1. The van der Waals surface area contributed by atoms with E-state index in [1.807, 2.05) is 47.0 Å². The number of carbonyl (C=O) groups excluding carboxylic acids is 2. The van der Waals surface area contributed by atoms with Crippen LogP contribution in [0.3, 0.4) is 0 Å². The molecule has 2 N–H and O–H groups in total. The van der Waals surface area contributed by atoms with Gasteiger partial charge in [-0.3, -0.25) is 4.52 Å². The first-order valence-corrected chi connectivity index (χ1v) is 17.3. The fourth-order valence-corrected chi connectivity index (χ4v) is 6.94. The molecule has 4 aromatic rings. The average Bonchev–Trinajstić information content (AvgIpc) is 3.37. The maximum Gasteiger partial charge on any atom is 0.417 e. The molecule has 0 aliphatic carbocycles. The number of para-hydroxylation sites is 1. The third kappa shape index (κ3) is 9.87. The third-order valence-electron chi connectivity index (χ3n) is 6.45. The molecule has 1 amide bonds. The van der Waals surface area contributed by atoms with Gasteiger partial charge in [-0.2, -0.15) is 0 Å². The third-order valence-corrected chi connectivity index (χ3v) is 9.15. The van der Waals surface area contributed by atoms with Crippen LogP contribution in [0.1, 0.15) is 50.7 Å². The predicted molar refractivity (Wildman–Crippen MR) is 174 cm³/mol. The SMILES string of the molecule is CCOC(=O)[C@H](C)OP(=O)(COc1ccc(Cn2c(COC(N)=O)nc(C(C)C)c2Sc2ccccc2)cc1)Oc1ccccc1. The summed E-state index contributed by atoms with van der Waals surface area (Å²) < 4.78 is 43.0. The van der Waals surface area contributed by atoms with Crippen molar-refractivity contribution in [2.75, 3.05) is 13.0 Å². The lowest BCUT2D eigenvalue weighted by Gasteiger charge is -2.22. The molecule has 0 saturated heterocycles. The molecule has 0 saturated carbocycles. The molecule has 11 nitrogen and oxygen atoms in total. The van der Waals surface area contributed by atoms with Crippen molar-refractivity contribution in [2.24, 2.45) is 5.73 Å². The fraction of sp³-hybridized carbons (Fsp3) is 0.303. The van der Waals surface area contributed by atoms with Crippen molar-refractivity contribution in [3.63, 3.8) is 0 Å². The topological polar surface area (TPSA) is 141 Å². The Labute approximate surface area is 272 Å². The number of esters is 1. The average molecular weight is 668 g/mol. The molecule has 0 bridgehead atoms. The van der Waals surface area contributed by atoms with Gasteiger partial charge in [-0.1, -0.05) is 74.1 Å². The highest BCUT2D eigenvalue weighted by Gasteiger charge is 2.33. The number of amides is 1. The number of benzene rings is 3. The van der Waals surface area contributed by atoms with Crippen molar-refractivity contribution in [1.82, 2.24) is 9.55 Å². The lowest BCUT2D eigenvalue weighted by Crippen LogP contribution is -2.24. The van der Waals surface area contributed by atoms with Crippen molar-refractivity contribution in [2.45, 2.75) is 62.8 Å². The number of hydrogen-bond donors (Lipinski definition) is 1. The Hall–Kier alpha value is -4.25. The van der Waals surface area contributed by atoms with Gasteiger partial charge in [-0.25, -0.2) is 19.1 Å². The van der Waals surface area contributed by atoms with Crippen molar-refractivity contribution >= 4 is 31.4 Å². The van der Waals surface area contributed by atoms with E-state index in [1.165, 1.54) is 6.92 Å². The van der Waals surface area contributed by atoms with Crippen LogP contribution in [0.2, 0.25) is 0 Å². The van der Waals surface area contributed by atoms with E-state index in [4.69, 9.17) is 34.0 Å². The standard InChI is InChI=1S/C33H38N3O8PS/c1-5-40-32(37)24(4)43-45(39,44-27-12-8-6-9-13-27)22-42-26-18-16-25(17-19-26)20-36-29(21-41-33(34)38)35-30(23(2)3)31(36)46-28-14-10-7-11-15-28/h6-19,23-24H,5,20-22H2,1-4H3,(H2,34,38)/t24-,45?/m0/s1. The smallest absolute Gasteiger partial charge is 0.417 e. The summed E-state index contributed by atoms with van der Waals surface area (Å²) in [5.41, 5.74) is 7.05. The number of imidazole rings is 1. The summed E-state index contributed by atoms with van der Waals surface area (Å²) in [5.74, 6) is 0.737. The zero-order valence-electron chi connectivity index (χ0n) is 26.2. The number of hydrogen-bond acceptors (Lipinski definition) is 10. The second kappa shape index (κ2) is 16.4. The minimum atomic E-state index is -3.97. The molecule has 1 heterocycles. The monoisotopic (exact) mass is 667 g/mol. The Balaban J connectivity index is 1.54. The first-order valence-electron chi connectivity index (χ1n) is 14.7. The minimum absolute atomic E-state index is 0.0769. The summed E-state index contributed by atoms with van der Waals surface area (Å²) >= 11 is 1.58. The van der Waals surface area contributed by atoms with E-state index in [0.717, 1.165) is 21.2 Å². The summed E-state index contributed by atoms with van der Waals surface area (Å²) in [5, 5.41) is 0.927. The quantitative estimate of drug-likeness (QED) is 0.0950. The number of nitrogens with zero attached hydrogens (tertiary/aromatic N) is 2. The van der Waals surface area contributed by atoms with Crippen LogP contribution >= 0.6 is 19.4 Å². The molecule has 0 aliphatic heterocycles. The van der Waals surface area contributed by atoms with Gasteiger partial charge in [0.25, 0.3) is 0 Å². The Morgan fingerprint density at radius 1 is 0.913 bits per heavy atom. The van der Waals surface area contributed by atoms with E-state index >= 15 is 0 Å². The summed E-state index contributed by atoms with van der Waals surface area (Å²) in [6.07, 6.45) is -2.47. The second-order valence-corrected chi connectivity index (χ2v) is 13.4. The van der Waals surface area contributed by atoms with Crippen LogP contribution in [0.15, 0.2) is 94.9 Å². The van der Waals surface area contributed by atoms with Crippen molar-refractivity contribution in [1.29, 1.82) is 0 Å². The van der Waals surface area contributed by atoms with Gasteiger partial charge in [0.1, 0.15) is 22.3 Å². The van der Waals surface area contributed by atoms with Crippen molar-refractivity contribution in [3.8, 4) is 11.5 Å². The largest absolute Gasteiger partial charge is 0.480 e. The predicted octanol–water partition coefficient (Wildman–Crippen LogP) is 7.38. The van der Waals surface area contributed by atoms with E-state index in [9.17, 15) is 14.2 Å². The molecule has 4 rings (SSSR count). The molecule has 13 heteroatoms. The molecule has 1 unspecified atom stereocenters. The van der Waals surface area contributed by atoms with Crippen LogP contribution in [-0.4, -0.2) is 40.7 Å². The summed E-state index contributed by atoms with van der Waals surface area (Å²) in [4.78, 5) is 29.5. The zero-order chi connectivity index (χ0) is 33.1. The first kappa shape index (κ1) is 34.6. The number of carbonyl (C=O) groups is 2. The molecule has 46 heavy (non-hydrogen) atoms. The number of primary amides is 1. The van der Waals surface area contributed by atoms with Gasteiger partial charge in [-0.15, -0.1) is 0 Å². The molecule has 0 radical (unpaired) electrons. The molecule has 244 valence electrons. The van der Waals surface area contributed by atoms with Gasteiger partial charge in [0.15, 0.2) is 12.7 Å². The first-order chi connectivity index (χ1) is 22.1. The van der Waals surface area contributed by atoms with Crippen LogP contribution in [0.25, 0.3) is 0 Å². The second-order valence-electron chi connectivity index (χ2n) is 10.4. The van der Waals surface area contributed by atoms with Crippen LogP contribution in [0.4, 0.5) is 4.79 Å². The lowest BCUT2D eigenvalue weighted by atomic mass is 10.1. The van der Waals surface area contributed by atoms with Gasteiger partial charge in [0, 0.05) is 11.4 Å². The highest BCUT2D eigenvalue weighted by molar-refractivity contribution is 7.99. The van der Waals surface area contributed by atoms with E-state index in [-0.39, 0.29) is 19.1 Å². The Morgan fingerprint density at radius 3 is 2.17 bits per heavy atom. The van der Waals surface area contributed by atoms with E-state index < -0.39 is 32.1 Å². The Bertz CT molecular complexity index is 1630. The van der Waals surface area contributed by atoms with E-state index in [2.05, 4.69) is 13.8 Å². The molecule has 3 aromatic carbocycles. The molecular weight excluding hydrogens is 629 g/mol. The van der Waals surface area contributed by atoms with Gasteiger partial charge in [0.2, 0.25) is 6.35 Å². The van der Waals surface area contributed by atoms with Gasteiger partial charge < -0.3 is 29.0 Å². The fourth-order valence-electron chi connectivity index (χ4n) is 4.29. The molecule has 0 spiro atoms. The van der Waals surface area contributed by atoms with Gasteiger partial charge in [0.05, 0.1) is 12.3 Å². The highest BCUT2D eigenvalue weighted by Crippen LogP contribution is 2.49. The van der Waals surface area contributed by atoms with Gasteiger partial charge >= 0.3 is 19.7 Å². The highest BCUT2D eigenvalue weighted by atomic mass is 32.2. The van der Waals surface area contributed by atoms with E-state index in [1.54, 1.807) is 61.2 Å². The summed E-state index contributed by atoms with van der Waals surface area (Å²) in [7, 11) is -3.97. The van der Waals surface area contributed by atoms with Gasteiger partial charge in [-0.05, 0) is 61.7 Å². The Morgan fingerprint density at radius 2 is 1.57 bits per heavy atom. The summed E-state index contributed by atoms with van der Waals surface area (Å²) in [6.45, 7) is 7.74. The molecule has 0 aliphatic rings. The Kier molecular flexibility index (Phi) is 12.3. The molecule has 0 fully saturated rings. The van der Waals surface area contributed by atoms with Crippen molar-refractivity contribution in [3.05, 3.63) is 102 Å². The van der Waals surface area contributed by atoms with Crippen LogP contribution in [-0.2, 0) is 36.5 Å². The van der Waals surface area contributed by atoms with Crippen molar-refractivity contribution < 1.29 is 37.4 Å². The number of aromatic nitrogens is 2. The van der Waals surface area contributed by atoms with Crippen LogP contribution in [0.5, 0.6) is 11.5 Å². The maximum atomic E-state index is 13.7. The molecular formula is C33H38N3O8PS. The van der Waals surface area contributed by atoms with Crippen LogP contribution < -0.4 is 15.0 Å². The lowest BCUT2D eigenvalue weighted by molar-refractivity contribution is -0.150. The van der Waals surface area contributed by atoms with Crippen LogP contribution in [0, 0.1) is 0 Å². The number of ether oxygens (including phenoxy) is 3. The summed E-state index contributed by atoms with van der Waals surface area (Å²) in [6, 6.07) is 25.7.